The van der Waals surface area contributed by atoms with Crippen molar-refractivity contribution in [2.45, 2.75) is 25.6 Å². The first-order chi connectivity index (χ1) is 7.97. The summed E-state index contributed by atoms with van der Waals surface area (Å²) in [5, 5.41) is 0.662. The third-order valence-electron chi connectivity index (χ3n) is 3.18. The molecule has 0 atom stereocenters. The second-order valence-electron chi connectivity index (χ2n) is 4.30. The Morgan fingerprint density at radius 1 is 1.24 bits per heavy atom. The van der Waals surface area contributed by atoms with Crippen LogP contribution in [0.1, 0.15) is 17.5 Å². The molecule has 1 aliphatic rings. The third kappa shape index (κ3) is 1.68. The number of nitrogens with zero attached hydrogens (tertiary/aromatic N) is 1. The van der Waals surface area contributed by atoms with Crippen LogP contribution < -0.4 is 0 Å². The summed E-state index contributed by atoms with van der Waals surface area (Å²) >= 11 is 3.33. The molecule has 0 unspecified atom stereocenters. The van der Waals surface area contributed by atoms with Crippen LogP contribution in [0.2, 0.25) is 0 Å². The Labute approximate surface area is 104 Å². The molecule has 1 nitrogen and oxygen atoms in total. The molecule has 0 N–H and O–H groups in total. The Morgan fingerprint density at radius 3 is 2.71 bits per heavy atom. The zero-order valence-electron chi connectivity index (χ0n) is 8.81. The Bertz CT molecular complexity index is 598. The van der Waals surface area contributed by atoms with Gasteiger partial charge in [0, 0.05) is 22.6 Å². The van der Waals surface area contributed by atoms with Crippen molar-refractivity contribution in [1.29, 1.82) is 0 Å². The maximum Gasteiger partial charge on any atom is 0.416 e. The van der Waals surface area contributed by atoms with Gasteiger partial charge in [0.2, 0.25) is 0 Å². The molecule has 0 aliphatic carbocycles. The summed E-state index contributed by atoms with van der Waals surface area (Å²) in [6.07, 6.45) is -0.793. The maximum atomic E-state index is 12.8. The topological polar surface area (TPSA) is 4.93 Å². The number of halogens is 4. The molecular weight excluding hydrogens is 295 g/mol. The van der Waals surface area contributed by atoms with Crippen LogP contribution in [-0.2, 0) is 19.1 Å². The monoisotopic (exact) mass is 303 g/mol. The molecule has 0 bridgehead atoms. The van der Waals surface area contributed by atoms with Gasteiger partial charge in [-0.3, -0.25) is 0 Å². The number of rotatable bonds is 0. The van der Waals surface area contributed by atoms with Crippen LogP contribution in [0, 0.1) is 0 Å². The Balaban J connectivity index is 2.36. The van der Waals surface area contributed by atoms with Gasteiger partial charge in [-0.1, -0.05) is 0 Å². The van der Waals surface area contributed by atoms with E-state index in [1.807, 2.05) is 10.8 Å². The molecule has 90 valence electrons. The number of aryl methyl sites for hydroxylation is 2. The molecule has 0 fully saturated rings. The van der Waals surface area contributed by atoms with Crippen molar-refractivity contribution >= 4 is 26.8 Å². The molecule has 0 spiro atoms. The van der Waals surface area contributed by atoms with Gasteiger partial charge in [-0.25, -0.2) is 0 Å². The molecule has 5 heteroatoms. The molecule has 1 aromatic carbocycles. The van der Waals surface area contributed by atoms with E-state index in [1.54, 1.807) is 0 Å². The fourth-order valence-electron chi connectivity index (χ4n) is 2.46. The van der Waals surface area contributed by atoms with E-state index in [9.17, 15) is 13.2 Å². The van der Waals surface area contributed by atoms with Crippen molar-refractivity contribution in [3.8, 4) is 0 Å². The van der Waals surface area contributed by atoms with E-state index >= 15 is 0 Å². The van der Waals surface area contributed by atoms with Crippen molar-refractivity contribution in [3.05, 3.63) is 33.9 Å². The Morgan fingerprint density at radius 2 is 2.00 bits per heavy atom. The summed E-state index contributed by atoms with van der Waals surface area (Å²) in [6, 6.07) is 2.51. The summed E-state index contributed by atoms with van der Waals surface area (Å²) in [4.78, 5) is 0. The number of aromatic nitrogens is 1. The molecule has 3 rings (SSSR count). The number of hydrogen-bond donors (Lipinski definition) is 0. The molecule has 1 aromatic heterocycles. The molecule has 0 radical (unpaired) electrons. The highest BCUT2D eigenvalue weighted by atomic mass is 79.9. The van der Waals surface area contributed by atoms with Crippen molar-refractivity contribution < 1.29 is 13.2 Å². The average molecular weight is 304 g/mol. The van der Waals surface area contributed by atoms with Gasteiger partial charge in [0.15, 0.2) is 0 Å². The molecule has 2 heterocycles. The first-order valence-electron chi connectivity index (χ1n) is 5.35. The van der Waals surface area contributed by atoms with Gasteiger partial charge in [0.1, 0.15) is 0 Å². The van der Waals surface area contributed by atoms with E-state index in [2.05, 4.69) is 15.9 Å². The van der Waals surface area contributed by atoms with E-state index in [0.717, 1.165) is 34.9 Å². The van der Waals surface area contributed by atoms with Crippen LogP contribution in [0.3, 0.4) is 0 Å². The van der Waals surface area contributed by atoms with Crippen LogP contribution >= 0.6 is 15.9 Å². The van der Waals surface area contributed by atoms with E-state index in [-0.39, 0.29) is 0 Å². The summed E-state index contributed by atoms with van der Waals surface area (Å²) in [6.45, 7) is 0.875. The minimum absolute atomic E-state index is 0.555. The van der Waals surface area contributed by atoms with Crippen LogP contribution in [0.5, 0.6) is 0 Å². The largest absolute Gasteiger partial charge is 0.416 e. The van der Waals surface area contributed by atoms with Crippen LogP contribution in [0.4, 0.5) is 13.2 Å². The van der Waals surface area contributed by atoms with E-state index in [1.165, 1.54) is 12.1 Å². The van der Waals surface area contributed by atoms with Gasteiger partial charge < -0.3 is 4.57 Å². The Hall–Kier alpha value is -0.970. The molecule has 0 saturated heterocycles. The van der Waals surface area contributed by atoms with Gasteiger partial charge >= 0.3 is 6.18 Å². The lowest BCUT2D eigenvalue weighted by atomic mass is 10.0. The maximum absolute atomic E-state index is 12.8. The molecular formula is C12H9BrF3N. The van der Waals surface area contributed by atoms with Gasteiger partial charge in [-0.15, -0.1) is 0 Å². The fraction of sp³-hybridized carbons (Fsp3) is 0.333. The number of alkyl halides is 3. The normalized spacial score (nSPS) is 15.5. The lowest BCUT2D eigenvalue weighted by molar-refractivity contribution is -0.137. The van der Waals surface area contributed by atoms with Gasteiger partial charge in [0.25, 0.3) is 0 Å². The smallest absolute Gasteiger partial charge is 0.346 e. The van der Waals surface area contributed by atoms with Crippen molar-refractivity contribution in [2.24, 2.45) is 0 Å². The second kappa shape index (κ2) is 3.51. The van der Waals surface area contributed by atoms with Crippen molar-refractivity contribution in [1.82, 2.24) is 4.57 Å². The van der Waals surface area contributed by atoms with Crippen LogP contribution in [0.25, 0.3) is 10.9 Å². The fourth-order valence-corrected chi connectivity index (χ4v) is 3.01. The third-order valence-corrected chi connectivity index (χ3v) is 3.81. The van der Waals surface area contributed by atoms with Gasteiger partial charge in [-0.05, 0) is 46.5 Å². The molecule has 2 aromatic rings. The predicted molar refractivity (Wildman–Crippen MR) is 63.0 cm³/mol. The summed E-state index contributed by atoms with van der Waals surface area (Å²) in [5.41, 5.74) is 1.18. The molecule has 0 saturated carbocycles. The van der Waals surface area contributed by atoms with Crippen LogP contribution in [-0.4, -0.2) is 4.57 Å². The average Bonchev–Trinajstić information content (AvgIpc) is 2.56. The first kappa shape index (κ1) is 11.1. The zero-order valence-corrected chi connectivity index (χ0v) is 10.4. The quantitative estimate of drug-likeness (QED) is 0.681. The highest BCUT2D eigenvalue weighted by Gasteiger charge is 2.32. The lowest BCUT2D eigenvalue weighted by Crippen LogP contribution is -2.10. The highest BCUT2D eigenvalue weighted by molar-refractivity contribution is 9.10. The summed E-state index contributed by atoms with van der Waals surface area (Å²) in [5.74, 6) is 0. The SMILES string of the molecule is FC(F)(F)c1cc2c3c(c1)c(Br)cn3CCC2. The van der Waals surface area contributed by atoms with Crippen molar-refractivity contribution in [3.63, 3.8) is 0 Å². The molecule has 1 aliphatic heterocycles. The first-order valence-corrected chi connectivity index (χ1v) is 6.14. The lowest BCUT2D eigenvalue weighted by Gasteiger charge is -2.17. The zero-order chi connectivity index (χ0) is 12.2. The van der Waals surface area contributed by atoms with Crippen LogP contribution in [0.15, 0.2) is 22.8 Å². The predicted octanol–water partition coefficient (Wildman–Crippen LogP) is 4.37. The minimum Gasteiger partial charge on any atom is -0.346 e. The summed E-state index contributed by atoms with van der Waals surface area (Å²) < 4.78 is 41.1. The van der Waals surface area contributed by atoms with Gasteiger partial charge in [-0.2, -0.15) is 13.2 Å². The second-order valence-corrected chi connectivity index (χ2v) is 5.16. The molecule has 17 heavy (non-hydrogen) atoms. The van der Waals surface area contributed by atoms with E-state index < -0.39 is 11.7 Å². The van der Waals surface area contributed by atoms with E-state index in [0.29, 0.717) is 5.39 Å². The van der Waals surface area contributed by atoms with Crippen molar-refractivity contribution in [2.75, 3.05) is 0 Å². The van der Waals surface area contributed by atoms with Gasteiger partial charge in [0.05, 0.1) is 11.1 Å². The standard InChI is InChI=1S/C12H9BrF3N/c13-10-6-17-3-1-2-7-4-8(12(14,15)16)5-9(10)11(7)17/h4-6H,1-3H2. The minimum atomic E-state index is -4.27. The Kier molecular flexibility index (Phi) is 2.30. The molecule has 0 amide bonds. The summed E-state index contributed by atoms with van der Waals surface area (Å²) in [7, 11) is 0. The van der Waals surface area contributed by atoms with E-state index in [4.69, 9.17) is 0 Å². The number of benzene rings is 1. The highest BCUT2D eigenvalue weighted by Crippen LogP contribution is 2.38. The number of hydrogen-bond acceptors (Lipinski definition) is 0.